The summed E-state index contributed by atoms with van der Waals surface area (Å²) < 4.78 is 39.6. The topological polar surface area (TPSA) is 88.2 Å². The van der Waals surface area contributed by atoms with Crippen LogP contribution in [-0.4, -0.2) is 53.3 Å². The molecule has 0 unspecified atom stereocenters. The van der Waals surface area contributed by atoms with Crippen molar-refractivity contribution in [1.29, 1.82) is 0 Å². The summed E-state index contributed by atoms with van der Waals surface area (Å²) in [4.78, 5) is 15.5. The Kier molecular flexibility index (Phi) is 6.84. The Morgan fingerprint density at radius 3 is 2.39 bits per heavy atom. The second-order valence-corrected chi connectivity index (χ2v) is 10.8. The fourth-order valence-corrected chi connectivity index (χ4v) is 5.83. The van der Waals surface area contributed by atoms with Crippen molar-refractivity contribution in [3.8, 4) is 5.75 Å². The van der Waals surface area contributed by atoms with Gasteiger partial charge in [0.1, 0.15) is 5.75 Å². The van der Waals surface area contributed by atoms with Crippen molar-refractivity contribution in [2.24, 2.45) is 0 Å². The lowest BCUT2D eigenvalue weighted by Gasteiger charge is -2.34. The Balaban J connectivity index is 1.29. The number of nitrogens with one attached hydrogen (secondary N) is 1. The molecule has 2 heterocycles. The van der Waals surface area contributed by atoms with Crippen molar-refractivity contribution in [1.82, 2.24) is 5.32 Å². The lowest BCUT2D eigenvalue weighted by molar-refractivity contribution is -0.127. The number of morpholine rings is 1. The van der Waals surface area contributed by atoms with E-state index in [1.54, 1.807) is 48.5 Å². The summed E-state index contributed by atoms with van der Waals surface area (Å²) in [5, 5.41) is 2.90. The van der Waals surface area contributed by atoms with Gasteiger partial charge in [0, 0.05) is 25.3 Å². The summed E-state index contributed by atoms with van der Waals surface area (Å²) in [7, 11) is -3.88. The van der Waals surface area contributed by atoms with Gasteiger partial charge in [0.25, 0.3) is 15.9 Å². The molecule has 0 aliphatic carbocycles. The zero-order chi connectivity index (χ0) is 25.1. The number of carbonyl (C=O) groups excluding carboxylic acids is 1. The van der Waals surface area contributed by atoms with Gasteiger partial charge in [-0.2, -0.15) is 0 Å². The van der Waals surface area contributed by atoms with Crippen LogP contribution in [0, 0.1) is 6.92 Å². The number of amides is 1. The number of para-hydroxylation sites is 2. The summed E-state index contributed by atoms with van der Waals surface area (Å²) in [5.74, 6) is -0.0136. The minimum absolute atomic E-state index is 0.116. The Hall–Kier alpha value is -3.56. The van der Waals surface area contributed by atoms with Crippen LogP contribution in [0.3, 0.4) is 0 Å². The molecule has 0 radical (unpaired) electrons. The third-order valence-corrected chi connectivity index (χ3v) is 8.21. The monoisotopic (exact) mass is 507 g/mol. The number of hydrogen-bond acceptors (Lipinski definition) is 6. The third-order valence-electron chi connectivity index (χ3n) is 6.42. The smallest absolute Gasteiger partial charge is 0.264 e. The van der Waals surface area contributed by atoms with Gasteiger partial charge in [-0.15, -0.1) is 0 Å². The first-order valence-corrected chi connectivity index (χ1v) is 13.4. The van der Waals surface area contributed by atoms with Crippen LogP contribution in [0.25, 0.3) is 0 Å². The van der Waals surface area contributed by atoms with Gasteiger partial charge in [-0.3, -0.25) is 9.10 Å². The zero-order valence-electron chi connectivity index (χ0n) is 20.1. The van der Waals surface area contributed by atoms with Gasteiger partial charge >= 0.3 is 0 Å². The van der Waals surface area contributed by atoms with E-state index >= 15 is 0 Å². The molecule has 3 aromatic rings. The Labute approximate surface area is 211 Å². The molecular formula is C27H29N3O5S. The van der Waals surface area contributed by atoms with E-state index in [2.05, 4.69) is 10.2 Å². The highest BCUT2D eigenvalue weighted by Gasteiger charge is 2.37. The number of nitrogens with zero attached hydrogens (tertiary/aromatic N) is 2. The molecule has 0 saturated carbocycles. The van der Waals surface area contributed by atoms with Crippen molar-refractivity contribution >= 4 is 27.3 Å². The molecule has 0 bridgehead atoms. The fourth-order valence-electron chi connectivity index (χ4n) is 4.35. The van der Waals surface area contributed by atoms with E-state index in [1.165, 1.54) is 4.31 Å². The Morgan fingerprint density at radius 2 is 1.67 bits per heavy atom. The number of sulfonamides is 1. The molecule has 3 aromatic carbocycles. The molecule has 2 aliphatic heterocycles. The maximum atomic E-state index is 13.5. The largest absolute Gasteiger partial charge is 0.476 e. The molecule has 1 saturated heterocycles. The highest BCUT2D eigenvalue weighted by atomic mass is 32.2. The predicted octanol–water partition coefficient (Wildman–Crippen LogP) is 3.10. The van der Waals surface area contributed by atoms with E-state index in [0.717, 1.165) is 43.1 Å². The molecule has 1 atom stereocenters. The number of hydrogen-bond donors (Lipinski definition) is 1. The number of fused-ring (bicyclic) bond motifs is 1. The standard InChI is InChI=1S/C27H29N3O5S/c1-20-6-12-23(13-7-20)36(32,33)30-19-26(35-25-5-3-2-4-24(25)30)27(31)28-18-21-8-10-22(11-9-21)29-14-16-34-17-15-29/h2-13,26H,14-19H2,1H3,(H,28,31)/t26-/m0/s1. The van der Waals surface area contributed by atoms with Gasteiger partial charge in [-0.05, 0) is 48.9 Å². The quantitative estimate of drug-likeness (QED) is 0.552. The normalized spacial score (nSPS) is 17.8. The van der Waals surface area contributed by atoms with Crippen LogP contribution in [0.1, 0.15) is 11.1 Å². The first kappa shape index (κ1) is 24.1. The van der Waals surface area contributed by atoms with Gasteiger partial charge < -0.3 is 19.7 Å². The van der Waals surface area contributed by atoms with E-state index in [9.17, 15) is 13.2 Å². The maximum Gasteiger partial charge on any atom is 0.264 e. The first-order valence-electron chi connectivity index (χ1n) is 12.0. The summed E-state index contributed by atoms with van der Waals surface area (Å²) in [6.45, 7) is 5.26. The van der Waals surface area contributed by atoms with Crippen molar-refractivity contribution in [2.75, 3.05) is 42.1 Å². The molecule has 1 amide bonds. The van der Waals surface area contributed by atoms with Crippen LogP contribution < -0.4 is 19.3 Å². The summed E-state index contributed by atoms with van der Waals surface area (Å²) in [5.41, 5.74) is 3.45. The average molecular weight is 508 g/mol. The molecule has 8 nitrogen and oxygen atoms in total. The van der Waals surface area contributed by atoms with Crippen molar-refractivity contribution < 1.29 is 22.7 Å². The summed E-state index contributed by atoms with van der Waals surface area (Å²) in [6, 6.07) is 21.6. The highest BCUT2D eigenvalue weighted by Crippen LogP contribution is 2.36. The number of ether oxygens (including phenoxy) is 2. The van der Waals surface area contributed by atoms with Crippen LogP contribution >= 0.6 is 0 Å². The molecule has 5 rings (SSSR count). The third kappa shape index (κ3) is 5.03. The molecular weight excluding hydrogens is 478 g/mol. The average Bonchev–Trinajstić information content (AvgIpc) is 2.92. The SMILES string of the molecule is Cc1ccc(S(=O)(=O)N2C[C@@H](C(=O)NCc3ccc(N4CCOCC4)cc3)Oc3ccccc32)cc1. The molecule has 0 spiro atoms. The van der Waals surface area contributed by atoms with E-state index in [0.29, 0.717) is 18.0 Å². The molecule has 0 aromatic heterocycles. The molecule has 9 heteroatoms. The van der Waals surface area contributed by atoms with Gasteiger partial charge in [-0.25, -0.2) is 8.42 Å². The number of anilines is 2. The van der Waals surface area contributed by atoms with Crippen LogP contribution in [0.2, 0.25) is 0 Å². The first-order chi connectivity index (χ1) is 17.4. The summed E-state index contributed by atoms with van der Waals surface area (Å²) in [6.07, 6.45) is -0.979. The van der Waals surface area contributed by atoms with Crippen molar-refractivity contribution in [3.63, 3.8) is 0 Å². The van der Waals surface area contributed by atoms with Crippen LogP contribution in [0.4, 0.5) is 11.4 Å². The number of rotatable bonds is 6. The maximum absolute atomic E-state index is 13.5. The van der Waals surface area contributed by atoms with E-state index in [4.69, 9.17) is 9.47 Å². The lowest BCUT2D eigenvalue weighted by Crippen LogP contribution is -2.50. The second kappa shape index (κ2) is 10.2. The van der Waals surface area contributed by atoms with Crippen LogP contribution in [0.5, 0.6) is 5.75 Å². The van der Waals surface area contributed by atoms with E-state index in [1.807, 2.05) is 31.2 Å². The molecule has 2 aliphatic rings. The zero-order valence-corrected chi connectivity index (χ0v) is 20.9. The van der Waals surface area contributed by atoms with Crippen molar-refractivity contribution in [3.05, 3.63) is 83.9 Å². The van der Waals surface area contributed by atoms with Crippen molar-refractivity contribution in [2.45, 2.75) is 24.5 Å². The number of benzene rings is 3. The number of aryl methyl sites for hydroxylation is 1. The predicted molar refractivity (Wildman–Crippen MR) is 138 cm³/mol. The fraction of sp³-hybridized carbons (Fsp3) is 0.296. The second-order valence-electron chi connectivity index (χ2n) is 8.91. The van der Waals surface area contributed by atoms with Gasteiger partial charge in [0.15, 0.2) is 6.10 Å². The Morgan fingerprint density at radius 1 is 0.972 bits per heavy atom. The Bertz CT molecular complexity index is 1320. The van der Waals surface area contributed by atoms with Gasteiger partial charge in [0.2, 0.25) is 0 Å². The van der Waals surface area contributed by atoms with E-state index < -0.39 is 16.1 Å². The number of carbonyl (C=O) groups is 1. The minimum atomic E-state index is -3.88. The molecule has 1 N–H and O–H groups in total. The van der Waals surface area contributed by atoms with Crippen LogP contribution in [-0.2, 0) is 26.1 Å². The van der Waals surface area contributed by atoms with Gasteiger partial charge in [-0.1, -0.05) is 42.0 Å². The lowest BCUT2D eigenvalue weighted by atomic mass is 10.1. The van der Waals surface area contributed by atoms with Crippen LogP contribution in [0.15, 0.2) is 77.7 Å². The van der Waals surface area contributed by atoms with Gasteiger partial charge in [0.05, 0.1) is 30.3 Å². The minimum Gasteiger partial charge on any atom is -0.476 e. The van der Waals surface area contributed by atoms with E-state index in [-0.39, 0.29) is 17.3 Å². The molecule has 1 fully saturated rings. The highest BCUT2D eigenvalue weighted by molar-refractivity contribution is 7.92. The molecule has 188 valence electrons. The molecule has 36 heavy (non-hydrogen) atoms. The summed E-state index contributed by atoms with van der Waals surface area (Å²) >= 11 is 0.